The summed E-state index contributed by atoms with van der Waals surface area (Å²) in [7, 11) is 0. The number of nitrogens with one attached hydrogen (secondary N) is 4. The van der Waals surface area contributed by atoms with Crippen LogP contribution in [0, 0.1) is 0 Å². The van der Waals surface area contributed by atoms with Crippen LogP contribution in [0.4, 0.5) is 11.4 Å². The van der Waals surface area contributed by atoms with E-state index in [1.807, 2.05) is 18.2 Å². The number of aryl methyl sites for hydroxylation is 1. The average Bonchev–Trinajstić information content (AvgIpc) is 2.80. The van der Waals surface area contributed by atoms with Crippen LogP contribution in [0.15, 0.2) is 71.2 Å². The summed E-state index contributed by atoms with van der Waals surface area (Å²) in [5.74, 6) is -0.538. The molecule has 0 heterocycles. The first-order valence-electron chi connectivity index (χ1n) is 10.8. The molecular weight excluding hydrogens is 571 g/mol. The lowest BCUT2D eigenvalue weighted by atomic mass is 10.1. The van der Waals surface area contributed by atoms with Crippen molar-refractivity contribution in [2.45, 2.75) is 25.7 Å². The van der Waals surface area contributed by atoms with Gasteiger partial charge in [0.05, 0.1) is 0 Å². The maximum atomic E-state index is 12.6. The number of anilines is 2. The summed E-state index contributed by atoms with van der Waals surface area (Å²) < 4.78 is 0.652. The number of benzene rings is 3. The standard InChI is InChI=1S/C25H23BrCl2N4O2S/c26-18-10-17(24(34)31-32-25(35)30-22-14-19(27)13-20(28)15-22)11-21(12-18)29-23(33)9-5-4-8-16-6-2-1-3-7-16/h1-3,6-7,10-15H,4-5,8-9H2,(H,29,33)(H,31,34)(H2,30,32,35). The number of rotatable bonds is 8. The third-order valence-corrected chi connectivity index (χ3v) is 5.91. The van der Waals surface area contributed by atoms with E-state index in [0.29, 0.717) is 37.9 Å². The van der Waals surface area contributed by atoms with E-state index in [1.54, 1.807) is 36.4 Å². The second kappa shape index (κ2) is 13.4. The van der Waals surface area contributed by atoms with E-state index in [1.165, 1.54) is 5.56 Å². The van der Waals surface area contributed by atoms with Gasteiger partial charge in [0.15, 0.2) is 5.11 Å². The molecule has 0 bridgehead atoms. The smallest absolute Gasteiger partial charge is 0.269 e. The molecule has 35 heavy (non-hydrogen) atoms. The van der Waals surface area contributed by atoms with E-state index in [4.69, 9.17) is 35.4 Å². The van der Waals surface area contributed by atoms with Gasteiger partial charge in [-0.1, -0.05) is 69.5 Å². The minimum Gasteiger partial charge on any atom is -0.331 e. The number of carbonyl (C=O) groups is 2. The number of amides is 2. The van der Waals surface area contributed by atoms with Crippen molar-refractivity contribution in [3.8, 4) is 0 Å². The molecule has 3 aromatic carbocycles. The molecule has 2 amide bonds. The molecule has 0 unspecified atom stereocenters. The summed E-state index contributed by atoms with van der Waals surface area (Å²) in [4.78, 5) is 25.0. The minimum atomic E-state index is -0.432. The molecule has 3 rings (SSSR count). The number of unbranched alkanes of at least 4 members (excludes halogenated alkanes) is 1. The quantitative estimate of drug-likeness (QED) is 0.132. The monoisotopic (exact) mass is 592 g/mol. The first-order chi connectivity index (χ1) is 16.8. The number of carbonyl (C=O) groups excluding carboxylic acids is 2. The zero-order chi connectivity index (χ0) is 25.2. The number of hydrogen-bond donors (Lipinski definition) is 4. The van der Waals surface area contributed by atoms with Crippen molar-refractivity contribution in [1.82, 2.24) is 10.9 Å². The number of hydrogen-bond acceptors (Lipinski definition) is 3. The molecule has 0 saturated heterocycles. The highest BCUT2D eigenvalue weighted by Crippen LogP contribution is 2.22. The van der Waals surface area contributed by atoms with E-state index in [-0.39, 0.29) is 11.0 Å². The van der Waals surface area contributed by atoms with Gasteiger partial charge in [0, 0.05) is 37.9 Å². The first-order valence-corrected chi connectivity index (χ1v) is 12.7. The second-order valence-electron chi connectivity index (χ2n) is 7.66. The van der Waals surface area contributed by atoms with Crippen LogP contribution in [0.25, 0.3) is 0 Å². The second-order valence-corrected chi connectivity index (χ2v) is 9.86. The van der Waals surface area contributed by atoms with E-state index in [9.17, 15) is 9.59 Å². The van der Waals surface area contributed by atoms with E-state index in [0.717, 1.165) is 19.3 Å². The number of halogens is 3. The van der Waals surface area contributed by atoms with Crippen molar-refractivity contribution in [1.29, 1.82) is 0 Å². The topological polar surface area (TPSA) is 82.3 Å². The highest BCUT2D eigenvalue weighted by Gasteiger charge is 2.11. The summed E-state index contributed by atoms with van der Waals surface area (Å²) >= 11 is 20.5. The lowest BCUT2D eigenvalue weighted by Gasteiger charge is -2.13. The maximum absolute atomic E-state index is 12.6. The van der Waals surface area contributed by atoms with Gasteiger partial charge < -0.3 is 10.6 Å². The zero-order valence-electron chi connectivity index (χ0n) is 18.5. The Morgan fingerprint density at radius 1 is 0.829 bits per heavy atom. The SMILES string of the molecule is O=C(CCCCc1ccccc1)Nc1cc(Br)cc(C(=O)NNC(=S)Nc2cc(Cl)cc(Cl)c2)c1. The highest BCUT2D eigenvalue weighted by atomic mass is 79.9. The fourth-order valence-electron chi connectivity index (χ4n) is 3.25. The van der Waals surface area contributed by atoms with Crippen LogP contribution in [0.3, 0.4) is 0 Å². The van der Waals surface area contributed by atoms with Gasteiger partial charge >= 0.3 is 0 Å². The molecule has 0 aliphatic rings. The normalized spacial score (nSPS) is 10.4. The molecule has 0 aliphatic carbocycles. The van der Waals surface area contributed by atoms with E-state index >= 15 is 0 Å². The van der Waals surface area contributed by atoms with Crippen LogP contribution in [-0.2, 0) is 11.2 Å². The Labute approximate surface area is 227 Å². The predicted octanol–water partition coefficient (Wildman–Crippen LogP) is 6.74. The molecule has 182 valence electrons. The lowest BCUT2D eigenvalue weighted by molar-refractivity contribution is -0.116. The average molecular weight is 594 g/mol. The molecule has 3 aromatic rings. The number of thiocarbonyl (C=S) groups is 1. The molecular formula is C25H23BrCl2N4O2S. The van der Waals surface area contributed by atoms with Gasteiger partial charge in [0.2, 0.25) is 5.91 Å². The van der Waals surface area contributed by atoms with Crippen LogP contribution < -0.4 is 21.5 Å². The van der Waals surface area contributed by atoms with Crippen molar-refractivity contribution >= 4 is 79.7 Å². The van der Waals surface area contributed by atoms with E-state index < -0.39 is 5.91 Å². The van der Waals surface area contributed by atoms with Crippen LogP contribution in [0.1, 0.15) is 35.2 Å². The maximum Gasteiger partial charge on any atom is 0.269 e. The summed E-state index contributed by atoms with van der Waals surface area (Å²) in [6.45, 7) is 0. The Kier molecular flexibility index (Phi) is 10.3. The summed E-state index contributed by atoms with van der Waals surface area (Å²) in [5, 5.41) is 6.79. The van der Waals surface area contributed by atoms with Gasteiger partial charge in [-0.25, -0.2) is 0 Å². The fourth-order valence-corrected chi connectivity index (χ4v) is 4.44. The van der Waals surface area contributed by atoms with Crippen LogP contribution in [-0.4, -0.2) is 16.9 Å². The van der Waals surface area contributed by atoms with Gasteiger partial charge in [-0.2, -0.15) is 0 Å². The molecule has 0 spiro atoms. The zero-order valence-corrected chi connectivity index (χ0v) is 22.5. The Balaban J connectivity index is 1.47. The van der Waals surface area contributed by atoms with Gasteiger partial charge in [-0.3, -0.25) is 20.4 Å². The Morgan fingerprint density at radius 3 is 2.23 bits per heavy atom. The molecule has 0 fully saturated rings. The predicted molar refractivity (Wildman–Crippen MR) is 150 cm³/mol. The van der Waals surface area contributed by atoms with Crippen LogP contribution >= 0.6 is 51.3 Å². The van der Waals surface area contributed by atoms with Crippen molar-refractivity contribution < 1.29 is 9.59 Å². The molecule has 10 heteroatoms. The van der Waals surface area contributed by atoms with Gasteiger partial charge in [-0.15, -0.1) is 0 Å². The summed E-state index contributed by atoms with van der Waals surface area (Å²) in [6.07, 6.45) is 3.03. The molecule has 0 atom stereocenters. The van der Waals surface area contributed by atoms with Crippen molar-refractivity contribution in [2.75, 3.05) is 10.6 Å². The fraction of sp³-hybridized carbons (Fsp3) is 0.160. The van der Waals surface area contributed by atoms with Crippen molar-refractivity contribution in [3.63, 3.8) is 0 Å². The molecule has 0 radical (unpaired) electrons. The van der Waals surface area contributed by atoms with Crippen LogP contribution in [0.2, 0.25) is 10.0 Å². The van der Waals surface area contributed by atoms with Gasteiger partial charge in [0.25, 0.3) is 5.91 Å². The Bertz CT molecular complexity index is 1190. The van der Waals surface area contributed by atoms with Crippen molar-refractivity contribution in [2.24, 2.45) is 0 Å². The molecule has 0 aromatic heterocycles. The Morgan fingerprint density at radius 2 is 1.51 bits per heavy atom. The van der Waals surface area contributed by atoms with Gasteiger partial charge in [-0.05, 0) is 73.4 Å². The first kappa shape index (κ1) is 26.9. The van der Waals surface area contributed by atoms with E-state index in [2.05, 4.69) is 49.5 Å². The lowest BCUT2D eigenvalue weighted by Crippen LogP contribution is -2.43. The highest BCUT2D eigenvalue weighted by molar-refractivity contribution is 9.10. The summed E-state index contributed by atoms with van der Waals surface area (Å²) in [6, 6.07) is 20.0. The third-order valence-electron chi connectivity index (χ3n) is 4.82. The largest absolute Gasteiger partial charge is 0.331 e. The molecule has 0 saturated carbocycles. The van der Waals surface area contributed by atoms with Crippen molar-refractivity contribution in [3.05, 3.63) is 92.4 Å². The Hall–Kier alpha value is -2.65. The minimum absolute atomic E-state index is 0.105. The van der Waals surface area contributed by atoms with Gasteiger partial charge in [0.1, 0.15) is 0 Å². The summed E-state index contributed by atoms with van der Waals surface area (Å²) in [5.41, 5.74) is 7.84. The molecule has 4 N–H and O–H groups in total. The van der Waals surface area contributed by atoms with Crippen LogP contribution in [0.5, 0.6) is 0 Å². The number of hydrazine groups is 1. The molecule has 0 aliphatic heterocycles. The molecule has 6 nitrogen and oxygen atoms in total. The third kappa shape index (κ3) is 9.49.